The third kappa shape index (κ3) is 4.91. The van der Waals surface area contributed by atoms with Crippen molar-refractivity contribution < 1.29 is 14.3 Å². The molecule has 0 bridgehead atoms. The van der Waals surface area contributed by atoms with Gasteiger partial charge in [0.25, 0.3) is 0 Å². The molecule has 5 heteroatoms. The van der Waals surface area contributed by atoms with Gasteiger partial charge in [0.2, 0.25) is 0 Å². The van der Waals surface area contributed by atoms with Crippen LogP contribution in [0.25, 0.3) is 0 Å². The molecule has 0 radical (unpaired) electrons. The number of hydrogen-bond donors (Lipinski definition) is 2. The van der Waals surface area contributed by atoms with E-state index >= 15 is 0 Å². The molecule has 1 heterocycles. The van der Waals surface area contributed by atoms with Crippen LogP contribution in [0.15, 0.2) is 18.2 Å². The van der Waals surface area contributed by atoms with E-state index < -0.39 is 0 Å². The molecule has 2 unspecified atom stereocenters. The standard InChI is InChI=1S/C17H26N2O3/c1-4-13(3)19-17(20)18-10-14-6-5-12(2)9-16(14)22-15-7-8-21-11-15/h5-6,9,13,15H,4,7-8,10-11H2,1-3H3,(H2,18,19,20). The Labute approximate surface area is 132 Å². The molecule has 5 nitrogen and oxygen atoms in total. The molecule has 2 amide bonds. The van der Waals surface area contributed by atoms with Crippen molar-refractivity contribution in [3.63, 3.8) is 0 Å². The molecule has 0 saturated carbocycles. The fraction of sp³-hybridized carbons (Fsp3) is 0.588. The van der Waals surface area contributed by atoms with Gasteiger partial charge in [-0.2, -0.15) is 0 Å². The van der Waals surface area contributed by atoms with E-state index in [-0.39, 0.29) is 18.2 Å². The van der Waals surface area contributed by atoms with Gasteiger partial charge in [-0.3, -0.25) is 0 Å². The van der Waals surface area contributed by atoms with Crippen molar-refractivity contribution in [2.24, 2.45) is 0 Å². The Morgan fingerprint density at radius 1 is 1.50 bits per heavy atom. The van der Waals surface area contributed by atoms with Gasteiger partial charge in [0.05, 0.1) is 13.2 Å². The smallest absolute Gasteiger partial charge is 0.315 e. The van der Waals surface area contributed by atoms with Crippen LogP contribution in [0.4, 0.5) is 4.79 Å². The lowest BCUT2D eigenvalue weighted by molar-refractivity contribution is 0.140. The summed E-state index contributed by atoms with van der Waals surface area (Å²) in [6, 6.07) is 6.07. The van der Waals surface area contributed by atoms with Crippen LogP contribution >= 0.6 is 0 Å². The number of nitrogens with one attached hydrogen (secondary N) is 2. The first-order valence-electron chi connectivity index (χ1n) is 7.96. The summed E-state index contributed by atoms with van der Waals surface area (Å²) in [5.74, 6) is 0.833. The van der Waals surface area contributed by atoms with Crippen molar-refractivity contribution in [3.05, 3.63) is 29.3 Å². The molecule has 122 valence electrons. The molecule has 1 aromatic carbocycles. The second kappa shape index (κ2) is 8.03. The number of aryl methyl sites for hydroxylation is 1. The van der Waals surface area contributed by atoms with E-state index in [9.17, 15) is 4.79 Å². The summed E-state index contributed by atoms with van der Waals surface area (Å²) in [6.45, 7) is 7.90. The van der Waals surface area contributed by atoms with Gasteiger partial charge in [-0.25, -0.2) is 4.79 Å². The monoisotopic (exact) mass is 306 g/mol. The molecule has 0 aromatic heterocycles. The fourth-order valence-corrected chi connectivity index (χ4v) is 2.26. The Hall–Kier alpha value is -1.75. The zero-order valence-corrected chi connectivity index (χ0v) is 13.6. The molecule has 2 N–H and O–H groups in total. The predicted octanol–water partition coefficient (Wildman–Crippen LogP) is 2.76. The van der Waals surface area contributed by atoms with Crippen LogP contribution < -0.4 is 15.4 Å². The minimum atomic E-state index is -0.148. The van der Waals surface area contributed by atoms with Crippen molar-refractivity contribution in [2.45, 2.75) is 52.3 Å². The fourth-order valence-electron chi connectivity index (χ4n) is 2.26. The van der Waals surface area contributed by atoms with Crippen LogP contribution in [0.1, 0.15) is 37.8 Å². The average Bonchev–Trinajstić information content (AvgIpc) is 2.99. The summed E-state index contributed by atoms with van der Waals surface area (Å²) >= 11 is 0. The molecule has 1 fully saturated rings. The quantitative estimate of drug-likeness (QED) is 0.849. The third-order valence-corrected chi connectivity index (χ3v) is 3.83. The summed E-state index contributed by atoms with van der Waals surface area (Å²) in [6.07, 6.45) is 1.93. The average molecular weight is 306 g/mol. The highest BCUT2D eigenvalue weighted by Gasteiger charge is 2.19. The summed E-state index contributed by atoms with van der Waals surface area (Å²) in [5, 5.41) is 5.78. The molecule has 1 aromatic rings. The first-order valence-corrected chi connectivity index (χ1v) is 7.96. The summed E-state index contributed by atoms with van der Waals surface area (Å²) in [4.78, 5) is 11.8. The number of carbonyl (C=O) groups is 1. The van der Waals surface area contributed by atoms with E-state index in [0.29, 0.717) is 13.2 Å². The zero-order valence-electron chi connectivity index (χ0n) is 13.6. The predicted molar refractivity (Wildman–Crippen MR) is 86.2 cm³/mol. The Balaban J connectivity index is 1.95. The lowest BCUT2D eigenvalue weighted by Crippen LogP contribution is -2.40. The third-order valence-electron chi connectivity index (χ3n) is 3.83. The van der Waals surface area contributed by atoms with Crippen molar-refractivity contribution in [3.8, 4) is 5.75 Å². The highest BCUT2D eigenvalue weighted by atomic mass is 16.5. The zero-order chi connectivity index (χ0) is 15.9. The molecule has 2 rings (SSSR count). The lowest BCUT2D eigenvalue weighted by atomic mass is 10.1. The van der Waals surface area contributed by atoms with E-state index in [4.69, 9.17) is 9.47 Å². The van der Waals surface area contributed by atoms with Gasteiger partial charge in [0, 0.05) is 24.6 Å². The molecule has 2 atom stereocenters. The second-order valence-electron chi connectivity index (χ2n) is 5.85. The molecule has 1 aliphatic rings. The molecule has 22 heavy (non-hydrogen) atoms. The lowest BCUT2D eigenvalue weighted by Gasteiger charge is -2.17. The molecular weight excluding hydrogens is 280 g/mol. The van der Waals surface area contributed by atoms with Crippen molar-refractivity contribution in [1.82, 2.24) is 10.6 Å². The number of amides is 2. The van der Waals surface area contributed by atoms with E-state index in [1.54, 1.807) is 0 Å². The van der Waals surface area contributed by atoms with Crippen LogP contribution in [0.5, 0.6) is 5.75 Å². The first kappa shape index (κ1) is 16.6. The largest absolute Gasteiger partial charge is 0.488 e. The van der Waals surface area contributed by atoms with Crippen molar-refractivity contribution in [2.75, 3.05) is 13.2 Å². The maximum atomic E-state index is 11.8. The molecular formula is C17H26N2O3. The van der Waals surface area contributed by atoms with Crippen LogP contribution in [0.3, 0.4) is 0 Å². The van der Waals surface area contributed by atoms with Gasteiger partial charge in [-0.15, -0.1) is 0 Å². The van der Waals surface area contributed by atoms with Gasteiger partial charge in [-0.05, 0) is 31.9 Å². The van der Waals surface area contributed by atoms with Crippen LogP contribution in [0.2, 0.25) is 0 Å². The highest BCUT2D eigenvalue weighted by Crippen LogP contribution is 2.23. The Morgan fingerprint density at radius 2 is 2.32 bits per heavy atom. The number of benzene rings is 1. The topological polar surface area (TPSA) is 59.6 Å². The molecule has 0 aliphatic carbocycles. The van der Waals surface area contributed by atoms with Crippen molar-refractivity contribution >= 4 is 6.03 Å². The van der Waals surface area contributed by atoms with E-state index in [0.717, 1.165) is 36.3 Å². The van der Waals surface area contributed by atoms with Crippen molar-refractivity contribution in [1.29, 1.82) is 0 Å². The van der Waals surface area contributed by atoms with Gasteiger partial charge in [-0.1, -0.05) is 19.1 Å². The molecule has 0 spiro atoms. The Bertz CT molecular complexity index is 499. The minimum Gasteiger partial charge on any atom is -0.488 e. The number of urea groups is 1. The maximum absolute atomic E-state index is 11.8. The van der Waals surface area contributed by atoms with Gasteiger partial charge >= 0.3 is 6.03 Å². The number of hydrogen-bond acceptors (Lipinski definition) is 3. The Morgan fingerprint density at radius 3 is 3.00 bits per heavy atom. The van der Waals surface area contributed by atoms with Crippen LogP contribution in [0, 0.1) is 6.92 Å². The molecule has 1 aliphatic heterocycles. The summed E-state index contributed by atoms with van der Waals surface area (Å²) < 4.78 is 11.4. The molecule has 1 saturated heterocycles. The van der Waals surface area contributed by atoms with Crippen LogP contribution in [-0.2, 0) is 11.3 Å². The van der Waals surface area contributed by atoms with Crippen LogP contribution in [-0.4, -0.2) is 31.4 Å². The first-order chi connectivity index (χ1) is 10.6. The summed E-state index contributed by atoms with van der Waals surface area (Å²) in [7, 11) is 0. The van der Waals surface area contributed by atoms with E-state index in [1.165, 1.54) is 0 Å². The normalized spacial score (nSPS) is 18.8. The minimum absolute atomic E-state index is 0.106. The number of carbonyl (C=O) groups excluding carboxylic acids is 1. The van der Waals surface area contributed by atoms with E-state index in [1.807, 2.05) is 39.0 Å². The number of rotatable bonds is 6. The second-order valence-corrected chi connectivity index (χ2v) is 5.85. The van der Waals surface area contributed by atoms with Gasteiger partial charge in [0.1, 0.15) is 11.9 Å². The van der Waals surface area contributed by atoms with E-state index in [2.05, 4.69) is 10.6 Å². The highest BCUT2D eigenvalue weighted by molar-refractivity contribution is 5.74. The number of ether oxygens (including phenoxy) is 2. The van der Waals surface area contributed by atoms with Gasteiger partial charge in [0.15, 0.2) is 0 Å². The Kier molecular flexibility index (Phi) is 6.07. The SMILES string of the molecule is CCC(C)NC(=O)NCc1ccc(C)cc1OC1CCOC1. The maximum Gasteiger partial charge on any atom is 0.315 e. The van der Waals surface area contributed by atoms with Gasteiger partial charge < -0.3 is 20.1 Å². The summed E-state index contributed by atoms with van der Waals surface area (Å²) in [5.41, 5.74) is 2.12.